The largest absolute Gasteiger partial charge is 0.444 e. The SMILES string of the molecule is CCCCN1CCCCC1CNC(=NCc1nc(C)c(C)o1)NCC. The zero-order valence-corrected chi connectivity index (χ0v) is 16.4. The first kappa shape index (κ1) is 19.8. The molecule has 2 heterocycles. The van der Waals surface area contributed by atoms with Crippen LogP contribution < -0.4 is 10.6 Å². The molecule has 6 heteroatoms. The number of rotatable bonds is 8. The minimum absolute atomic E-state index is 0.466. The highest BCUT2D eigenvalue weighted by molar-refractivity contribution is 5.79. The fourth-order valence-corrected chi connectivity index (χ4v) is 3.26. The maximum atomic E-state index is 5.62. The standard InChI is InChI=1S/C19H35N5O/c1-5-7-11-24-12-9-8-10-17(24)13-21-19(20-6-2)22-14-18-23-15(3)16(4)25-18/h17H,5-14H2,1-4H3,(H2,20,21,22). The first-order valence-electron chi connectivity index (χ1n) is 9.83. The van der Waals surface area contributed by atoms with Gasteiger partial charge in [0.2, 0.25) is 5.89 Å². The van der Waals surface area contributed by atoms with Crippen LogP contribution in [0.3, 0.4) is 0 Å². The molecule has 1 aromatic rings. The second-order valence-corrected chi connectivity index (χ2v) is 6.86. The van der Waals surface area contributed by atoms with Crippen molar-refractivity contribution in [2.24, 2.45) is 4.99 Å². The van der Waals surface area contributed by atoms with E-state index in [9.17, 15) is 0 Å². The number of guanidine groups is 1. The van der Waals surface area contributed by atoms with Gasteiger partial charge < -0.3 is 15.1 Å². The van der Waals surface area contributed by atoms with E-state index in [1.54, 1.807) is 0 Å². The number of unbranched alkanes of at least 4 members (excludes halogenated alkanes) is 1. The average Bonchev–Trinajstić information content (AvgIpc) is 2.94. The Morgan fingerprint density at radius 3 is 2.80 bits per heavy atom. The number of hydrogen-bond acceptors (Lipinski definition) is 4. The molecule has 2 N–H and O–H groups in total. The van der Waals surface area contributed by atoms with Crippen LogP contribution in [0.2, 0.25) is 0 Å². The Morgan fingerprint density at radius 2 is 2.12 bits per heavy atom. The molecule has 1 aliphatic rings. The highest BCUT2D eigenvalue weighted by Crippen LogP contribution is 2.17. The number of aliphatic imine (C=N–C) groups is 1. The fourth-order valence-electron chi connectivity index (χ4n) is 3.26. The smallest absolute Gasteiger partial charge is 0.216 e. The van der Waals surface area contributed by atoms with E-state index in [4.69, 9.17) is 4.42 Å². The summed E-state index contributed by atoms with van der Waals surface area (Å²) in [5.41, 5.74) is 0.942. The molecule has 25 heavy (non-hydrogen) atoms. The Balaban J connectivity index is 1.89. The van der Waals surface area contributed by atoms with Crippen LogP contribution in [0.15, 0.2) is 9.41 Å². The molecule has 0 aliphatic carbocycles. The Hall–Kier alpha value is -1.56. The first-order valence-corrected chi connectivity index (χ1v) is 9.83. The van der Waals surface area contributed by atoms with Gasteiger partial charge in [0, 0.05) is 19.1 Å². The maximum absolute atomic E-state index is 5.62. The number of nitrogens with zero attached hydrogens (tertiary/aromatic N) is 3. The number of piperidine rings is 1. The summed E-state index contributed by atoms with van der Waals surface area (Å²) in [5.74, 6) is 2.39. The monoisotopic (exact) mass is 349 g/mol. The summed E-state index contributed by atoms with van der Waals surface area (Å²) in [6.07, 6.45) is 6.48. The Labute approximate surface area is 152 Å². The highest BCUT2D eigenvalue weighted by Gasteiger charge is 2.21. The third kappa shape index (κ3) is 6.34. The van der Waals surface area contributed by atoms with Gasteiger partial charge in [-0.05, 0) is 53.1 Å². The zero-order chi connectivity index (χ0) is 18.1. The Kier molecular flexibility index (Phi) is 8.25. The molecule has 1 saturated heterocycles. The van der Waals surface area contributed by atoms with Gasteiger partial charge >= 0.3 is 0 Å². The Bertz CT molecular complexity index is 520. The summed E-state index contributed by atoms with van der Waals surface area (Å²) in [6.45, 7) is 13.0. The number of aryl methyl sites for hydroxylation is 2. The summed E-state index contributed by atoms with van der Waals surface area (Å²) in [4.78, 5) is 11.7. The van der Waals surface area contributed by atoms with Gasteiger partial charge in [-0.25, -0.2) is 9.98 Å². The summed E-state index contributed by atoms with van der Waals surface area (Å²) in [5, 5.41) is 6.84. The van der Waals surface area contributed by atoms with Gasteiger partial charge in [0.05, 0.1) is 5.69 Å². The molecular weight excluding hydrogens is 314 g/mol. The van der Waals surface area contributed by atoms with E-state index in [1.165, 1.54) is 45.2 Å². The van der Waals surface area contributed by atoms with Crippen LogP contribution in [0.1, 0.15) is 63.3 Å². The number of aromatic nitrogens is 1. The molecule has 0 radical (unpaired) electrons. The van der Waals surface area contributed by atoms with Gasteiger partial charge in [-0.1, -0.05) is 19.8 Å². The molecule has 0 amide bonds. The van der Waals surface area contributed by atoms with Crippen molar-refractivity contribution in [2.75, 3.05) is 26.2 Å². The lowest BCUT2D eigenvalue weighted by atomic mass is 10.0. The molecule has 1 aliphatic heterocycles. The third-order valence-corrected chi connectivity index (χ3v) is 4.84. The molecular formula is C19H35N5O. The van der Waals surface area contributed by atoms with Crippen molar-refractivity contribution in [3.63, 3.8) is 0 Å². The van der Waals surface area contributed by atoms with E-state index in [2.05, 4.69) is 39.4 Å². The van der Waals surface area contributed by atoms with Crippen LogP contribution in [0.4, 0.5) is 0 Å². The molecule has 6 nitrogen and oxygen atoms in total. The molecule has 0 saturated carbocycles. The van der Waals surface area contributed by atoms with Crippen molar-refractivity contribution in [3.05, 3.63) is 17.3 Å². The topological polar surface area (TPSA) is 65.7 Å². The van der Waals surface area contributed by atoms with Crippen molar-refractivity contribution in [1.29, 1.82) is 0 Å². The molecule has 0 aromatic carbocycles. The van der Waals surface area contributed by atoms with E-state index in [0.717, 1.165) is 30.5 Å². The lowest BCUT2D eigenvalue weighted by Gasteiger charge is -2.36. The minimum Gasteiger partial charge on any atom is -0.444 e. The second-order valence-electron chi connectivity index (χ2n) is 6.86. The summed E-state index contributed by atoms with van der Waals surface area (Å²) in [7, 11) is 0. The van der Waals surface area contributed by atoms with Gasteiger partial charge in [0.15, 0.2) is 5.96 Å². The Morgan fingerprint density at radius 1 is 1.28 bits per heavy atom. The van der Waals surface area contributed by atoms with Gasteiger partial charge in [0.1, 0.15) is 12.3 Å². The van der Waals surface area contributed by atoms with Crippen LogP contribution in [0, 0.1) is 13.8 Å². The van der Waals surface area contributed by atoms with Crippen LogP contribution >= 0.6 is 0 Å². The van der Waals surface area contributed by atoms with E-state index >= 15 is 0 Å². The van der Waals surface area contributed by atoms with Crippen molar-refractivity contribution in [1.82, 2.24) is 20.5 Å². The van der Waals surface area contributed by atoms with E-state index in [1.807, 2.05) is 13.8 Å². The zero-order valence-electron chi connectivity index (χ0n) is 16.4. The van der Waals surface area contributed by atoms with Crippen molar-refractivity contribution < 1.29 is 4.42 Å². The van der Waals surface area contributed by atoms with Crippen molar-refractivity contribution in [2.45, 2.75) is 72.4 Å². The number of nitrogens with one attached hydrogen (secondary N) is 2. The van der Waals surface area contributed by atoms with Crippen LogP contribution in [-0.2, 0) is 6.54 Å². The maximum Gasteiger partial charge on any atom is 0.216 e. The predicted octanol–water partition coefficient (Wildman–Crippen LogP) is 3.00. The number of oxazole rings is 1. The second kappa shape index (κ2) is 10.4. The summed E-state index contributed by atoms with van der Waals surface area (Å²) in [6, 6.07) is 0.607. The van der Waals surface area contributed by atoms with Crippen LogP contribution in [0.25, 0.3) is 0 Å². The van der Waals surface area contributed by atoms with Crippen LogP contribution in [0.5, 0.6) is 0 Å². The van der Waals surface area contributed by atoms with Gasteiger partial charge in [-0.15, -0.1) is 0 Å². The normalized spacial score (nSPS) is 19.2. The lowest BCUT2D eigenvalue weighted by Crippen LogP contribution is -2.49. The predicted molar refractivity (Wildman–Crippen MR) is 103 cm³/mol. The van der Waals surface area contributed by atoms with E-state index < -0.39 is 0 Å². The lowest BCUT2D eigenvalue weighted by molar-refractivity contribution is 0.147. The number of likely N-dealkylation sites (tertiary alicyclic amines) is 1. The van der Waals surface area contributed by atoms with E-state index in [0.29, 0.717) is 18.5 Å². The number of hydrogen-bond donors (Lipinski definition) is 2. The molecule has 1 fully saturated rings. The fraction of sp³-hybridized carbons (Fsp3) is 0.789. The quantitative estimate of drug-likeness (QED) is 0.558. The van der Waals surface area contributed by atoms with Gasteiger partial charge in [-0.2, -0.15) is 0 Å². The molecule has 2 rings (SSSR count). The molecule has 0 bridgehead atoms. The van der Waals surface area contributed by atoms with Gasteiger partial charge in [0.25, 0.3) is 0 Å². The molecule has 1 unspecified atom stereocenters. The summed E-state index contributed by atoms with van der Waals surface area (Å²) < 4.78 is 5.62. The third-order valence-electron chi connectivity index (χ3n) is 4.84. The van der Waals surface area contributed by atoms with Gasteiger partial charge in [-0.3, -0.25) is 4.90 Å². The van der Waals surface area contributed by atoms with Crippen molar-refractivity contribution in [3.8, 4) is 0 Å². The van der Waals surface area contributed by atoms with Crippen molar-refractivity contribution >= 4 is 5.96 Å². The summed E-state index contributed by atoms with van der Waals surface area (Å²) >= 11 is 0. The minimum atomic E-state index is 0.466. The van der Waals surface area contributed by atoms with Crippen LogP contribution in [-0.4, -0.2) is 48.1 Å². The molecule has 142 valence electrons. The average molecular weight is 350 g/mol. The molecule has 0 spiro atoms. The first-order chi connectivity index (χ1) is 12.1. The van der Waals surface area contributed by atoms with E-state index in [-0.39, 0.29) is 0 Å². The highest BCUT2D eigenvalue weighted by atomic mass is 16.4. The molecule has 1 atom stereocenters. The molecule has 1 aromatic heterocycles.